The number of halogens is 1. The lowest BCUT2D eigenvalue weighted by atomic mass is 10.1. The van der Waals surface area contributed by atoms with E-state index in [2.05, 4.69) is 30.9 Å². The number of carboxylic acid groups (broad SMARTS) is 1. The van der Waals surface area contributed by atoms with Crippen LogP contribution in [0.15, 0.2) is 16.7 Å². The number of aromatic nitrogens is 3. The van der Waals surface area contributed by atoms with Crippen LogP contribution >= 0.6 is 15.9 Å². The lowest BCUT2D eigenvalue weighted by Gasteiger charge is -2.27. The summed E-state index contributed by atoms with van der Waals surface area (Å²) in [6.07, 6.45) is 3.60. The predicted molar refractivity (Wildman–Crippen MR) is 73.7 cm³/mol. The highest BCUT2D eigenvalue weighted by Gasteiger charge is 2.19. The summed E-state index contributed by atoms with van der Waals surface area (Å²) in [5.74, 6) is -0.195. The molecule has 0 atom stereocenters. The number of fused-ring (bicyclic) bond motifs is 1. The maximum atomic E-state index is 11.0. The molecule has 100 valence electrons. The molecule has 19 heavy (non-hydrogen) atoms. The highest BCUT2D eigenvalue weighted by molar-refractivity contribution is 9.10. The lowest BCUT2D eigenvalue weighted by molar-refractivity contribution is 0.0690. The quantitative estimate of drug-likeness (QED) is 0.916. The number of carboxylic acids is 1. The van der Waals surface area contributed by atoms with Gasteiger partial charge in [-0.15, -0.1) is 5.10 Å². The summed E-state index contributed by atoms with van der Waals surface area (Å²) in [4.78, 5) is 17.3. The van der Waals surface area contributed by atoms with Gasteiger partial charge in [0.05, 0.1) is 0 Å². The molecular weight excluding hydrogens is 312 g/mol. The van der Waals surface area contributed by atoms with Gasteiger partial charge in [-0.05, 0) is 47.3 Å². The van der Waals surface area contributed by atoms with Crippen molar-refractivity contribution in [3.63, 3.8) is 0 Å². The Morgan fingerprint density at radius 3 is 2.68 bits per heavy atom. The second kappa shape index (κ2) is 4.80. The number of carbonyl (C=O) groups is 1. The number of hydrogen-bond donors (Lipinski definition) is 1. The number of imidazole rings is 1. The molecule has 2 aromatic heterocycles. The Labute approximate surface area is 118 Å². The van der Waals surface area contributed by atoms with Gasteiger partial charge in [0.2, 0.25) is 0 Å². The second-order valence-corrected chi connectivity index (χ2v) is 5.32. The summed E-state index contributed by atoms with van der Waals surface area (Å²) in [6.45, 7) is 1.99. The van der Waals surface area contributed by atoms with E-state index in [1.54, 1.807) is 6.07 Å². The van der Waals surface area contributed by atoms with Crippen LogP contribution in [-0.4, -0.2) is 38.8 Å². The monoisotopic (exact) mass is 324 g/mol. The van der Waals surface area contributed by atoms with Crippen molar-refractivity contribution < 1.29 is 9.90 Å². The second-order valence-electron chi connectivity index (χ2n) is 4.57. The molecule has 0 amide bonds. The minimum Gasteiger partial charge on any atom is -0.476 e. The summed E-state index contributed by atoms with van der Waals surface area (Å²) >= 11 is 3.25. The van der Waals surface area contributed by atoms with Gasteiger partial charge >= 0.3 is 5.97 Å². The molecule has 0 radical (unpaired) electrons. The highest BCUT2D eigenvalue weighted by Crippen LogP contribution is 2.22. The summed E-state index contributed by atoms with van der Waals surface area (Å²) < 4.78 is 1.92. The number of hydrogen-bond acceptors (Lipinski definition) is 4. The van der Waals surface area contributed by atoms with E-state index in [0.29, 0.717) is 10.3 Å². The Morgan fingerprint density at radius 2 is 2.00 bits per heavy atom. The van der Waals surface area contributed by atoms with Gasteiger partial charge in [0.25, 0.3) is 0 Å². The third-order valence-electron chi connectivity index (χ3n) is 3.29. The molecule has 7 heteroatoms. The summed E-state index contributed by atoms with van der Waals surface area (Å²) in [7, 11) is 0. The Balaban J connectivity index is 2.04. The van der Waals surface area contributed by atoms with Crippen LogP contribution in [0.2, 0.25) is 0 Å². The van der Waals surface area contributed by atoms with E-state index in [1.165, 1.54) is 23.8 Å². The van der Waals surface area contributed by atoms with E-state index in [4.69, 9.17) is 5.11 Å². The molecule has 1 aliphatic heterocycles. The van der Waals surface area contributed by atoms with Crippen molar-refractivity contribution in [1.29, 1.82) is 0 Å². The van der Waals surface area contributed by atoms with Gasteiger partial charge < -0.3 is 10.0 Å². The highest BCUT2D eigenvalue weighted by atomic mass is 79.9. The molecule has 2 aromatic rings. The van der Waals surface area contributed by atoms with Crippen LogP contribution in [0.5, 0.6) is 0 Å². The lowest BCUT2D eigenvalue weighted by Crippen LogP contribution is -2.30. The van der Waals surface area contributed by atoms with Crippen LogP contribution in [0.25, 0.3) is 5.65 Å². The number of aromatic carboxylic acids is 1. The standard InChI is InChI=1S/C12H13BrN4O2/c13-11-10(12(18)19)14-8-4-5-9(15-17(8)11)16-6-2-1-3-7-16/h4-5H,1-3,6-7H2,(H,18,19). The molecular formula is C12H13BrN4O2. The predicted octanol–water partition coefficient (Wildman–Crippen LogP) is 2.18. The Kier molecular flexibility index (Phi) is 3.14. The van der Waals surface area contributed by atoms with E-state index in [9.17, 15) is 4.79 Å². The van der Waals surface area contributed by atoms with E-state index >= 15 is 0 Å². The number of piperidine rings is 1. The molecule has 3 heterocycles. The van der Waals surface area contributed by atoms with Crippen molar-refractivity contribution in [2.45, 2.75) is 19.3 Å². The molecule has 0 spiro atoms. The molecule has 1 saturated heterocycles. The zero-order valence-electron chi connectivity index (χ0n) is 10.2. The molecule has 3 rings (SSSR count). The maximum absolute atomic E-state index is 11.0. The minimum atomic E-state index is -1.06. The Morgan fingerprint density at radius 1 is 1.26 bits per heavy atom. The van der Waals surface area contributed by atoms with Crippen LogP contribution in [0, 0.1) is 0 Å². The molecule has 0 aromatic carbocycles. The van der Waals surface area contributed by atoms with Crippen molar-refractivity contribution in [3.05, 3.63) is 22.4 Å². The normalized spacial score (nSPS) is 15.9. The molecule has 0 aliphatic carbocycles. The van der Waals surface area contributed by atoms with Crippen molar-refractivity contribution >= 4 is 33.4 Å². The van der Waals surface area contributed by atoms with Crippen molar-refractivity contribution in [2.24, 2.45) is 0 Å². The smallest absolute Gasteiger partial charge is 0.357 e. The van der Waals surface area contributed by atoms with E-state index in [0.717, 1.165) is 18.9 Å². The van der Waals surface area contributed by atoms with Crippen molar-refractivity contribution in [3.8, 4) is 0 Å². The SMILES string of the molecule is O=C(O)c1nc2ccc(N3CCCCC3)nn2c1Br. The average molecular weight is 325 g/mol. The summed E-state index contributed by atoms with van der Waals surface area (Å²) in [6, 6.07) is 3.69. The van der Waals surface area contributed by atoms with Gasteiger partial charge in [-0.3, -0.25) is 0 Å². The van der Waals surface area contributed by atoms with E-state index in [1.807, 2.05) is 6.07 Å². The fraction of sp³-hybridized carbons (Fsp3) is 0.417. The van der Waals surface area contributed by atoms with Crippen molar-refractivity contribution in [2.75, 3.05) is 18.0 Å². The molecule has 6 nitrogen and oxygen atoms in total. The van der Waals surface area contributed by atoms with Gasteiger partial charge in [0.1, 0.15) is 10.4 Å². The average Bonchev–Trinajstić information content (AvgIpc) is 2.77. The van der Waals surface area contributed by atoms with Crippen LogP contribution in [-0.2, 0) is 0 Å². The fourth-order valence-corrected chi connectivity index (χ4v) is 2.84. The first-order valence-corrected chi connectivity index (χ1v) is 6.99. The van der Waals surface area contributed by atoms with E-state index < -0.39 is 5.97 Å². The van der Waals surface area contributed by atoms with Gasteiger partial charge in [0, 0.05) is 13.1 Å². The maximum Gasteiger partial charge on any atom is 0.357 e. The van der Waals surface area contributed by atoms with Gasteiger partial charge in [-0.2, -0.15) is 0 Å². The third-order valence-corrected chi connectivity index (χ3v) is 4.00. The zero-order chi connectivity index (χ0) is 13.4. The summed E-state index contributed by atoms with van der Waals surface area (Å²) in [5.41, 5.74) is 0.522. The van der Waals surface area contributed by atoms with Crippen LogP contribution < -0.4 is 4.90 Å². The minimum absolute atomic E-state index is 0.0108. The van der Waals surface area contributed by atoms with E-state index in [-0.39, 0.29) is 5.69 Å². The molecule has 0 saturated carbocycles. The zero-order valence-corrected chi connectivity index (χ0v) is 11.8. The largest absolute Gasteiger partial charge is 0.476 e. The number of anilines is 1. The first kappa shape index (κ1) is 12.4. The Bertz CT molecular complexity index is 634. The van der Waals surface area contributed by atoms with Crippen molar-refractivity contribution in [1.82, 2.24) is 14.6 Å². The topological polar surface area (TPSA) is 70.7 Å². The van der Waals surface area contributed by atoms with Gasteiger partial charge in [-0.25, -0.2) is 14.3 Å². The number of nitrogens with zero attached hydrogens (tertiary/aromatic N) is 4. The molecule has 1 N–H and O–H groups in total. The molecule has 1 fully saturated rings. The Hall–Kier alpha value is -1.63. The first-order valence-electron chi connectivity index (χ1n) is 6.20. The van der Waals surface area contributed by atoms with Crippen LogP contribution in [0.4, 0.5) is 5.82 Å². The van der Waals surface area contributed by atoms with Crippen LogP contribution in [0.1, 0.15) is 29.8 Å². The molecule has 0 unspecified atom stereocenters. The third kappa shape index (κ3) is 2.18. The van der Waals surface area contributed by atoms with Gasteiger partial charge in [-0.1, -0.05) is 0 Å². The van der Waals surface area contributed by atoms with Gasteiger partial charge in [0.15, 0.2) is 11.3 Å². The first-order chi connectivity index (χ1) is 9.16. The summed E-state index contributed by atoms with van der Waals surface area (Å²) in [5, 5.41) is 13.5. The molecule has 0 bridgehead atoms. The van der Waals surface area contributed by atoms with Crippen LogP contribution in [0.3, 0.4) is 0 Å². The number of rotatable bonds is 2. The molecule has 1 aliphatic rings. The fourth-order valence-electron chi connectivity index (χ4n) is 2.32.